The molecule has 1 N–H and O–H groups in total. The van der Waals surface area contributed by atoms with Crippen molar-refractivity contribution in [2.24, 2.45) is 0 Å². The van der Waals surface area contributed by atoms with E-state index in [0.717, 1.165) is 17.6 Å². The number of nitriles is 1. The van der Waals surface area contributed by atoms with Crippen molar-refractivity contribution in [3.05, 3.63) is 28.7 Å². The Labute approximate surface area is 111 Å². The monoisotopic (exact) mass is 293 g/mol. The van der Waals surface area contributed by atoms with Gasteiger partial charge in [-0.25, -0.2) is 0 Å². The summed E-state index contributed by atoms with van der Waals surface area (Å²) in [5.41, 5.74) is 1.19. The molecular weight excluding hydrogens is 278 g/mol. The quantitative estimate of drug-likeness (QED) is 0.911. The summed E-state index contributed by atoms with van der Waals surface area (Å²) in [4.78, 5) is 2.35. The van der Waals surface area contributed by atoms with Gasteiger partial charge < -0.3 is 10.2 Å². The molecule has 4 heteroatoms. The predicted molar refractivity (Wildman–Crippen MR) is 73.0 cm³/mol. The van der Waals surface area contributed by atoms with E-state index in [-0.39, 0.29) is 6.04 Å². The summed E-state index contributed by atoms with van der Waals surface area (Å²) in [5, 5.41) is 12.3. The molecule has 90 valence electrons. The van der Waals surface area contributed by atoms with Crippen molar-refractivity contribution in [1.82, 2.24) is 5.32 Å². The molecule has 0 bridgehead atoms. The fourth-order valence-electron chi connectivity index (χ4n) is 2.39. The van der Waals surface area contributed by atoms with Crippen LogP contribution in [0.1, 0.15) is 13.3 Å². The van der Waals surface area contributed by atoms with E-state index in [1.54, 1.807) is 0 Å². The molecule has 0 aromatic heterocycles. The summed E-state index contributed by atoms with van der Waals surface area (Å²) in [7, 11) is 0. The third kappa shape index (κ3) is 2.80. The summed E-state index contributed by atoms with van der Waals surface area (Å²) >= 11 is 3.50. The Morgan fingerprint density at radius 2 is 2.35 bits per heavy atom. The summed E-state index contributed by atoms with van der Waals surface area (Å²) in [6.45, 7) is 4.04. The van der Waals surface area contributed by atoms with Gasteiger partial charge in [-0.15, -0.1) is 0 Å². The number of hydrogen-bond donors (Lipinski definition) is 1. The Hall–Kier alpha value is -1.05. The lowest BCUT2D eigenvalue weighted by Crippen LogP contribution is -2.56. The Morgan fingerprint density at radius 3 is 3.06 bits per heavy atom. The average Bonchev–Trinajstić information content (AvgIpc) is 2.29. The highest BCUT2D eigenvalue weighted by Gasteiger charge is 2.27. The van der Waals surface area contributed by atoms with E-state index < -0.39 is 0 Å². The molecule has 0 amide bonds. The Balaban J connectivity index is 2.28. The summed E-state index contributed by atoms with van der Waals surface area (Å²) in [6, 6.07) is 11.2. The van der Waals surface area contributed by atoms with Crippen LogP contribution in [0.4, 0.5) is 5.69 Å². The van der Waals surface area contributed by atoms with E-state index in [4.69, 9.17) is 5.26 Å². The number of piperazine rings is 1. The number of anilines is 1. The van der Waals surface area contributed by atoms with E-state index in [9.17, 15) is 0 Å². The van der Waals surface area contributed by atoms with Gasteiger partial charge in [0, 0.05) is 29.3 Å². The fraction of sp³-hybridized carbons (Fsp3) is 0.462. The molecule has 1 saturated heterocycles. The highest BCUT2D eigenvalue weighted by molar-refractivity contribution is 9.10. The SMILES string of the molecule is CC1CNCC(CC#N)N1c1cccc(Br)c1. The van der Waals surface area contributed by atoms with Crippen LogP contribution in [0.3, 0.4) is 0 Å². The predicted octanol–water partition coefficient (Wildman–Crippen LogP) is 2.53. The second kappa shape index (κ2) is 5.52. The Morgan fingerprint density at radius 1 is 1.53 bits per heavy atom. The van der Waals surface area contributed by atoms with Crippen LogP contribution in [-0.2, 0) is 0 Å². The van der Waals surface area contributed by atoms with Gasteiger partial charge in [0.05, 0.1) is 18.5 Å². The first-order valence-corrected chi connectivity index (χ1v) is 6.63. The van der Waals surface area contributed by atoms with Crippen LogP contribution >= 0.6 is 15.9 Å². The first-order chi connectivity index (χ1) is 8.22. The molecule has 0 aliphatic carbocycles. The highest BCUT2D eigenvalue weighted by atomic mass is 79.9. The van der Waals surface area contributed by atoms with Crippen molar-refractivity contribution in [3.8, 4) is 6.07 Å². The molecule has 1 heterocycles. The normalized spacial score (nSPS) is 24.4. The topological polar surface area (TPSA) is 39.1 Å². The van der Waals surface area contributed by atoms with Crippen molar-refractivity contribution >= 4 is 21.6 Å². The fourth-order valence-corrected chi connectivity index (χ4v) is 2.78. The minimum absolute atomic E-state index is 0.262. The second-order valence-corrected chi connectivity index (χ2v) is 5.33. The minimum Gasteiger partial charge on any atom is -0.362 e. The number of halogens is 1. The average molecular weight is 294 g/mol. The van der Waals surface area contributed by atoms with Gasteiger partial charge in [0.15, 0.2) is 0 Å². The van der Waals surface area contributed by atoms with Crippen molar-refractivity contribution in [3.63, 3.8) is 0 Å². The molecule has 17 heavy (non-hydrogen) atoms. The van der Waals surface area contributed by atoms with Gasteiger partial charge in [-0.05, 0) is 25.1 Å². The molecule has 2 atom stereocenters. The maximum atomic E-state index is 8.91. The zero-order valence-corrected chi connectivity index (χ0v) is 11.4. The van der Waals surface area contributed by atoms with Crippen molar-refractivity contribution < 1.29 is 0 Å². The molecule has 1 aliphatic rings. The molecule has 0 spiro atoms. The molecule has 0 radical (unpaired) electrons. The third-order valence-corrected chi connectivity index (χ3v) is 3.61. The standard InChI is InChI=1S/C13H16BrN3/c1-10-8-16-9-13(5-6-15)17(10)12-4-2-3-11(14)7-12/h2-4,7,10,13,16H,5,8-9H2,1H3. The molecule has 2 unspecified atom stereocenters. The van der Waals surface area contributed by atoms with Gasteiger partial charge in [0.2, 0.25) is 0 Å². The zero-order valence-electron chi connectivity index (χ0n) is 9.86. The van der Waals surface area contributed by atoms with Crippen LogP contribution in [0.15, 0.2) is 28.7 Å². The van der Waals surface area contributed by atoms with Crippen molar-refractivity contribution in [2.45, 2.75) is 25.4 Å². The zero-order chi connectivity index (χ0) is 12.3. The molecule has 2 rings (SSSR count). The van der Waals surface area contributed by atoms with E-state index in [0.29, 0.717) is 12.5 Å². The van der Waals surface area contributed by atoms with Crippen LogP contribution in [0.25, 0.3) is 0 Å². The largest absolute Gasteiger partial charge is 0.362 e. The first-order valence-electron chi connectivity index (χ1n) is 5.84. The lowest BCUT2D eigenvalue weighted by atomic mass is 10.0. The van der Waals surface area contributed by atoms with Gasteiger partial charge in [-0.2, -0.15) is 5.26 Å². The summed E-state index contributed by atoms with van der Waals surface area (Å²) in [5.74, 6) is 0. The first kappa shape index (κ1) is 12.4. The highest BCUT2D eigenvalue weighted by Crippen LogP contribution is 2.26. The third-order valence-electron chi connectivity index (χ3n) is 3.12. The molecular formula is C13H16BrN3. The van der Waals surface area contributed by atoms with E-state index in [1.807, 2.05) is 12.1 Å². The molecule has 1 aromatic carbocycles. The van der Waals surface area contributed by atoms with E-state index in [1.165, 1.54) is 5.69 Å². The Bertz CT molecular complexity index is 427. The van der Waals surface area contributed by atoms with Crippen LogP contribution in [0.5, 0.6) is 0 Å². The number of rotatable bonds is 2. The summed E-state index contributed by atoms with van der Waals surface area (Å²) < 4.78 is 1.08. The van der Waals surface area contributed by atoms with Gasteiger partial charge in [-0.1, -0.05) is 22.0 Å². The van der Waals surface area contributed by atoms with Gasteiger partial charge in [-0.3, -0.25) is 0 Å². The van der Waals surface area contributed by atoms with Crippen molar-refractivity contribution in [1.29, 1.82) is 5.26 Å². The van der Waals surface area contributed by atoms with Gasteiger partial charge >= 0.3 is 0 Å². The van der Waals surface area contributed by atoms with E-state index >= 15 is 0 Å². The van der Waals surface area contributed by atoms with Gasteiger partial charge in [0.25, 0.3) is 0 Å². The maximum Gasteiger partial charge on any atom is 0.0643 e. The minimum atomic E-state index is 0.262. The smallest absolute Gasteiger partial charge is 0.0643 e. The van der Waals surface area contributed by atoms with E-state index in [2.05, 4.69) is 51.3 Å². The number of nitrogens with one attached hydrogen (secondary N) is 1. The van der Waals surface area contributed by atoms with Crippen molar-refractivity contribution in [2.75, 3.05) is 18.0 Å². The molecule has 3 nitrogen and oxygen atoms in total. The van der Waals surface area contributed by atoms with Crippen LogP contribution in [0, 0.1) is 11.3 Å². The molecule has 1 aliphatic heterocycles. The van der Waals surface area contributed by atoms with Gasteiger partial charge in [0.1, 0.15) is 0 Å². The molecule has 0 saturated carbocycles. The number of benzene rings is 1. The second-order valence-electron chi connectivity index (χ2n) is 4.41. The molecule has 1 aromatic rings. The van der Waals surface area contributed by atoms with Crippen LogP contribution < -0.4 is 10.2 Å². The Kier molecular flexibility index (Phi) is 4.03. The lowest BCUT2D eigenvalue weighted by molar-refractivity contribution is 0.417. The van der Waals surface area contributed by atoms with Crippen LogP contribution in [-0.4, -0.2) is 25.2 Å². The lowest BCUT2D eigenvalue weighted by Gasteiger charge is -2.42. The molecule has 1 fully saturated rings. The maximum absolute atomic E-state index is 8.91. The number of nitrogens with zero attached hydrogens (tertiary/aromatic N) is 2. The number of hydrogen-bond acceptors (Lipinski definition) is 3. The van der Waals surface area contributed by atoms with Crippen LogP contribution in [0.2, 0.25) is 0 Å². The summed E-state index contributed by atoms with van der Waals surface area (Å²) in [6.07, 6.45) is 0.559.